The average Bonchev–Trinajstić information content (AvgIpc) is 2.38. The van der Waals surface area contributed by atoms with Crippen LogP contribution >= 0.6 is 0 Å². The van der Waals surface area contributed by atoms with E-state index < -0.39 is 16.6 Å². The maximum atomic E-state index is 12.9. The number of nitrogens with two attached hydrogens (primary N) is 1. The van der Waals surface area contributed by atoms with Crippen LogP contribution in [0.1, 0.15) is 26.2 Å². The minimum Gasteiger partial charge on any atom is -0.396 e. The summed E-state index contributed by atoms with van der Waals surface area (Å²) in [6.45, 7) is 2.03. The number of benzene rings is 1. The van der Waals surface area contributed by atoms with E-state index in [9.17, 15) is 13.4 Å². The minimum atomic E-state index is -0.952. The summed E-state index contributed by atoms with van der Waals surface area (Å²) in [7, 11) is -0.952. The van der Waals surface area contributed by atoms with Crippen molar-refractivity contribution >= 4 is 28.1 Å². The zero-order valence-electron chi connectivity index (χ0n) is 10.9. The fourth-order valence-electron chi connectivity index (χ4n) is 1.46. The molecule has 0 fully saturated rings. The molecule has 0 saturated carbocycles. The highest BCUT2D eigenvalue weighted by Gasteiger charge is 2.07. The molecule has 6 heteroatoms. The van der Waals surface area contributed by atoms with E-state index in [0.717, 1.165) is 12.8 Å². The Labute approximate surface area is 115 Å². The number of hydrogen-bond acceptors (Lipinski definition) is 3. The quantitative estimate of drug-likeness (QED) is 0.755. The van der Waals surface area contributed by atoms with Crippen molar-refractivity contribution in [2.24, 2.45) is 0 Å². The van der Waals surface area contributed by atoms with Gasteiger partial charge < -0.3 is 11.1 Å². The molecule has 19 heavy (non-hydrogen) atoms. The van der Waals surface area contributed by atoms with Gasteiger partial charge >= 0.3 is 0 Å². The van der Waals surface area contributed by atoms with Crippen molar-refractivity contribution in [3.63, 3.8) is 0 Å². The Hall–Kier alpha value is -1.43. The lowest BCUT2D eigenvalue weighted by atomic mass is 10.2. The summed E-state index contributed by atoms with van der Waals surface area (Å²) in [5, 5.41) is 2.60. The molecule has 0 aromatic heterocycles. The molecule has 0 radical (unpaired) electrons. The van der Waals surface area contributed by atoms with Crippen LogP contribution in [0.4, 0.5) is 15.8 Å². The summed E-state index contributed by atoms with van der Waals surface area (Å²) < 4.78 is 24.4. The Morgan fingerprint density at radius 1 is 1.42 bits per heavy atom. The summed E-state index contributed by atoms with van der Waals surface area (Å²) in [5.74, 6) is 0.227. The van der Waals surface area contributed by atoms with Crippen LogP contribution in [-0.4, -0.2) is 21.6 Å². The van der Waals surface area contributed by atoms with E-state index in [4.69, 9.17) is 5.73 Å². The van der Waals surface area contributed by atoms with E-state index >= 15 is 0 Å². The molecule has 106 valence electrons. The summed E-state index contributed by atoms with van der Waals surface area (Å²) in [6, 6.07) is 4.00. The van der Waals surface area contributed by atoms with Crippen molar-refractivity contribution in [2.75, 3.05) is 22.6 Å². The van der Waals surface area contributed by atoms with Gasteiger partial charge in [-0.15, -0.1) is 0 Å². The Morgan fingerprint density at radius 2 is 2.16 bits per heavy atom. The fraction of sp³-hybridized carbons (Fsp3) is 0.462. The molecule has 0 aliphatic rings. The maximum Gasteiger partial charge on any atom is 0.225 e. The van der Waals surface area contributed by atoms with Gasteiger partial charge in [0.1, 0.15) is 5.82 Å². The first-order chi connectivity index (χ1) is 9.02. The predicted octanol–water partition coefficient (Wildman–Crippen LogP) is 2.29. The van der Waals surface area contributed by atoms with E-state index in [-0.39, 0.29) is 18.0 Å². The minimum absolute atomic E-state index is 0.00989. The molecule has 0 aliphatic carbocycles. The van der Waals surface area contributed by atoms with Crippen LogP contribution in [0.25, 0.3) is 0 Å². The zero-order chi connectivity index (χ0) is 14.3. The fourth-order valence-corrected chi connectivity index (χ4v) is 2.69. The number of carbonyl (C=O) groups is 1. The number of amides is 1. The van der Waals surface area contributed by atoms with Crippen LogP contribution in [0.2, 0.25) is 0 Å². The molecule has 0 bridgehead atoms. The lowest BCUT2D eigenvalue weighted by Gasteiger charge is -2.06. The van der Waals surface area contributed by atoms with Crippen molar-refractivity contribution in [3.8, 4) is 0 Å². The maximum absolute atomic E-state index is 12.9. The van der Waals surface area contributed by atoms with E-state index in [1.54, 1.807) is 0 Å². The van der Waals surface area contributed by atoms with Gasteiger partial charge in [-0.05, 0) is 24.6 Å². The van der Waals surface area contributed by atoms with Gasteiger partial charge in [0.25, 0.3) is 0 Å². The van der Waals surface area contributed by atoms with Gasteiger partial charge in [-0.1, -0.05) is 13.3 Å². The van der Waals surface area contributed by atoms with Crippen molar-refractivity contribution in [3.05, 3.63) is 24.0 Å². The largest absolute Gasteiger partial charge is 0.396 e. The number of anilines is 2. The number of nitrogen functional groups attached to an aromatic ring is 1. The van der Waals surface area contributed by atoms with Crippen LogP contribution in [0.15, 0.2) is 18.2 Å². The van der Waals surface area contributed by atoms with Crippen molar-refractivity contribution in [1.29, 1.82) is 0 Å². The molecule has 0 spiro atoms. The molecule has 1 amide bonds. The highest BCUT2D eigenvalue weighted by atomic mass is 32.2. The molecule has 0 aliphatic heterocycles. The molecule has 1 atom stereocenters. The second kappa shape index (κ2) is 7.89. The van der Waals surface area contributed by atoms with Gasteiger partial charge in [-0.3, -0.25) is 9.00 Å². The Kier molecular flexibility index (Phi) is 6.49. The predicted molar refractivity (Wildman–Crippen MR) is 76.8 cm³/mol. The lowest BCUT2D eigenvalue weighted by Crippen LogP contribution is -2.16. The number of rotatable bonds is 7. The first-order valence-corrected chi connectivity index (χ1v) is 7.71. The molecule has 4 nitrogen and oxygen atoms in total. The van der Waals surface area contributed by atoms with Crippen molar-refractivity contribution in [1.82, 2.24) is 0 Å². The molecule has 0 saturated heterocycles. The van der Waals surface area contributed by atoms with E-state index in [1.807, 2.05) is 6.92 Å². The number of halogens is 1. The number of unbranched alkanes of at least 4 members (excludes halogenated alkanes) is 1. The van der Waals surface area contributed by atoms with E-state index in [2.05, 4.69) is 5.32 Å². The second-order valence-electron chi connectivity index (χ2n) is 4.24. The normalized spacial score (nSPS) is 12.1. The Bertz CT molecular complexity index is 466. The molecule has 1 aromatic carbocycles. The van der Waals surface area contributed by atoms with Gasteiger partial charge in [0, 0.05) is 34.4 Å². The number of carbonyl (C=O) groups excluding carboxylic acids is 1. The van der Waals surface area contributed by atoms with Crippen LogP contribution in [-0.2, 0) is 15.6 Å². The van der Waals surface area contributed by atoms with Gasteiger partial charge in [-0.25, -0.2) is 4.39 Å². The third-order valence-electron chi connectivity index (χ3n) is 2.56. The van der Waals surface area contributed by atoms with E-state index in [0.29, 0.717) is 17.2 Å². The average molecular weight is 286 g/mol. The van der Waals surface area contributed by atoms with Crippen molar-refractivity contribution in [2.45, 2.75) is 26.2 Å². The van der Waals surface area contributed by atoms with E-state index in [1.165, 1.54) is 18.2 Å². The highest BCUT2D eigenvalue weighted by Crippen LogP contribution is 2.16. The lowest BCUT2D eigenvalue weighted by molar-refractivity contribution is -0.115. The molecule has 0 heterocycles. The topological polar surface area (TPSA) is 72.2 Å². The molecular formula is C13H19FN2O2S. The molecule has 1 aromatic rings. The highest BCUT2D eigenvalue weighted by molar-refractivity contribution is 7.84. The molecule has 3 N–H and O–H groups in total. The molecular weight excluding hydrogens is 267 g/mol. The molecule has 1 unspecified atom stereocenters. The Balaban J connectivity index is 2.38. The van der Waals surface area contributed by atoms with Crippen molar-refractivity contribution < 1.29 is 13.4 Å². The number of hydrogen-bond donors (Lipinski definition) is 2. The first kappa shape index (κ1) is 15.6. The van der Waals surface area contributed by atoms with Gasteiger partial charge in [0.05, 0.1) is 5.69 Å². The summed E-state index contributed by atoms with van der Waals surface area (Å²) in [6.07, 6.45) is 2.09. The SMILES string of the molecule is CCCCS(=O)CCC(=O)Nc1ccc(F)c(N)c1. The first-order valence-electron chi connectivity index (χ1n) is 6.22. The molecule has 1 rings (SSSR count). The third-order valence-corrected chi connectivity index (χ3v) is 3.97. The van der Waals surface area contributed by atoms with Gasteiger partial charge in [0.15, 0.2) is 0 Å². The number of nitrogens with one attached hydrogen (secondary N) is 1. The third kappa shape index (κ3) is 5.83. The van der Waals surface area contributed by atoms with Crippen LogP contribution in [0.5, 0.6) is 0 Å². The standard InChI is InChI=1S/C13H19FN2O2S/c1-2-3-7-19(18)8-6-13(17)16-10-4-5-11(14)12(15)9-10/h4-5,9H,2-3,6-8,15H2,1H3,(H,16,17). The van der Waals surface area contributed by atoms with Gasteiger partial charge in [-0.2, -0.15) is 0 Å². The zero-order valence-corrected chi connectivity index (χ0v) is 11.8. The monoisotopic (exact) mass is 286 g/mol. The Morgan fingerprint density at radius 3 is 2.79 bits per heavy atom. The van der Waals surface area contributed by atoms with Crippen LogP contribution < -0.4 is 11.1 Å². The van der Waals surface area contributed by atoms with Gasteiger partial charge in [0.2, 0.25) is 5.91 Å². The summed E-state index contributed by atoms with van der Waals surface area (Å²) in [4.78, 5) is 11.6. The van der Waals surface area contributed by atoms with Crippen LogP contribution in [0.3, 0.4) is 0 Å². The smallest absolute Gasteiger partial charge is 0.225 e. The van der Waals surface area contributed by atoms with Crippen LogP contribution in [0, 0.1) is 5.82 Å². The summed E-state index contributed by atoms with van der Waals surface area (Å²) in [5.41, 5.74) is 5.84. The second-order valence-corrected chi connectivity index (χ2v) is 5.93. The summed E-state index contributed by atoms with van der Waals surface area (Å²) >= 11 is 0.